The number of rotatable bonds is 5. The number of nitrogens with zero attached hydrogens (tertiary/aromatic N) is 2. The highest BCUT2D eigenvalue weighted by Crippen LogP contribution is 2.35. The SMILES string of the molecule is O=C(COC(=O)c1ccc2nc(Cl)ccc2c1)Nc1cc(C(F)(F)F)ccc1N1CCOCC1. The Morgan fingerprint density at radius 1 is 1.09 bits per heavy atom. The van der Waals surface area contributed by atoms with Gasteiger partial charge in [0, 0.05) is 18.5 Å². The number of alkyl halides is 3. The Morgan fingerprint density at radius 2 is 1.85 bits per heavy atom. The van der Waals surface area contributed by atoms with Crippen molar-refractivity contribution in [2.24, 2.45) is 0 Å². The zero-order valence-corrected chi connectivity index (χ0v) is 18.4. The average Bonchev–Trinajstić information content (AvgIpc) is 2.82. The van der Waals surface area contributed by atoms with E-state index < -0.39 is 30.2 Å². The second-order valence-corrected chi connectivity index (χ2v) is 7.88. The first kappa shape index (κ1) is 23.8. The van der Waals surface area contributed by atoms with Gasteiger partial charge in [0.25, 0.3) is 5.91 Å². The third-order valence-corrected chi connectivity index (χ3v) is 5.39. The Bertz CT molecular complexity index is 1230. The molecule has 1 amide bonds. The smallest absolute Gasteiger partial charge is 0.416 e. The summed E-state index contributed by atoms with van der Waals surface area (Å²) in [7, 11) is 0. The van der Waals surface area contributed by atoms with Gasteiger partial charge in [-0.15, -0.1) is 0 Å². The third kappa shape index (κ3) is 5.57. The fourth-order valence-corrected chi connectivity index (χ4v) is 3.67. The van der Waals surface area contributed by atoms with Crippen LogP contribution in [0.4, 0.5) is 24.5 Å². The minimum Gasteiger partial charge on any atom is -0.452 e. The summed E-state index contributed by atoms with van der Waals surface area (Å²) in [5.41, 5.74) is 0.282. The maximum absolute atomic E-state index is 13.2. The summed E-state index contributed by atoms with van der Waals surface area (Å²) in [5.74, 6) is -1.53. The van der Waals surface area contributed by atoms with E-state index in [1.165, 1.54) is 12.1 Å². The molecule has 1 aliphatic rings. The van der Waals surface area contributed by atoms with Crippen molar-refractivity contribution in [1.29, 1.82) is 0 Å². The molecule has 2 heterocycles. The summed E-state index contributed by atoms with van der Waals surface area (Å²) < 4.78 is 50.0. The lowest BCUT2D eigenvalue weighted by atomic mass is 10.1. The molecule has 3 aromatic rings. The first-order valence-electron chi connectivity index (χ1n) is 10.3. The van der Waals surface area contributed by atoms with Crippen LogP contribution in [0.3, 0.4) is 0 Å². The van der Waals surface area contributed by atoms with Crippen LogP contribution in [0, 0.1) is 0 Å². The van der Waals surface area contributed by atoms with Crippen LogP contribution in [-0.4, -0.2) is 49.8 Å². The summed E-state index contributed by atoms with van der Waals surface area (Å²) in [4.78, 5) is 30.8. The van der Waals surface area contributed by atoms with Crippen LogP contribution in [0.2, 0.25) is 5.15 Å². The van der Waals surface area contributed by atoms with Crippen LogP contribution in [0.1, 0.15) is 15.9 Å². The molecule has 4 rings (SSSR count). The van der Waals surface area contributed by atoms with Crippen molar-refractivity contribution >= 4 is 45.8 Å². The molecule has 11 heteroatoms. The number of nitrogens with one attached hydrogen (secondary N) is 1. The van der Waals surface area contributed by atoms with E-state index in [9.17, 15) is 22.8 Å². The lowest BCUT2D eigenvalue weighted by Crippen LogP contribution is -2.37. The van der Waals surface area contributed by atoms with E-state index >= 15 is 0 Å². The van der Waals surface area contributed by atoms with E-state index in [-0.39, 0.29) is 11.3 Å². The molecule has 178 valence electrons. The maximum atomic E-state index is 13.2. The second kappa shape index (κ2) is 9.86. The number of ether oxygens (including phenoxy) is 2. The number of esters is 1. The van der Waals surface area contributed by atoms with Gasteiger partial charge in [0.1, 0.15) is 5.15 Å². The Balaban J connectivity index is 1.46. The van der Waals surface area contributed by atoms with Crippen molar-refractivity contribution in [2.75, 3.05) is 43.1 Å². The third-order valence-electron chi connectivity index (χ3n) is 5.18. The molecular weight excluding hydrogens is 475 g/mol. The molecule has 0 saturated carbocycles. The quantitative estimate of drug-likeness (QED) is 0.415. The Morgan fingerprint density at radius 3 is 2.59 bits per heavy atom. The Kier molecular flexibility index (Phi) is 6.90. The van der Waals surface area contributed by atoms with Crippen LogP contribution in [0.15, 0.2) is 48.5 Å². The fourth-order valence-electron chi connectivity index (χ4n) is 3.52. The van der Waals surface area contributed by atoms with Gasteiger partial charge in [-0.3, -0.25) is 4.79 Å². The Labute approximate surface area is 197 Å². The van der Waals surface area contributed by atoms with Crippen molar-refractivity contribution in [2.45, 2.75) is 6.18 Å². The van der Waals surface area contributed by atoms with Gasteiger partial charge >= 0.3 is 12.1 Å². The summed E-state index contributed by atoms with van der Waals surface area (Å²) in [5, 5.41) is 3.41. The largest absolute Gasteiger partial charge is 0.452 e. The van der Waals surface area contributed by atoms with Crippen LogP contribution in [0.25, 0.3) is 10.9 Å². The number of halogens is 4. The van der Waals surface area contributed by atoms with E-state index in [0.29, 0.717) is 48.0 Å². The van der Waals surface area contributed by atoms with E-state index in [2.05, 4.69) is 10.3 Å². The molecule has 34 heavy (non-hydrogen) atoms. The fraction of sp³-hybridized carbons (Fsp3) is 0.261. The lowest BCUT2D eigenvalue weighted by Gasteiger charge is -2.31. The minimum absolute atomic E-state index is 0.0218. The number of hydrogen-bond donors (Lipinski definition) is 1. The maximum Gasteiger partial charge on any atom is 0.416 e. The monoisotopic (exact) mass is 493 g/mol. The van der Waals surface area contributed by atoms with Crippen molar-refractivity contribution < 1.29 is 32.2 Å². The summed E-state index contributed by atoms with van der Waals surface area (Å²) in [6.45, 7) is 1.09. The summed E-state index contributed by atoms with van der Waals surface area (Å²) in [6.07, 6.45) is -4.58. The number of carbonyl (C=O) groups is 2. The van der Waals surface area contributed by atoms with E-state index in [0.717, 1.165) is 12.1 Å². The number of anilines is 2. The predicted molar refractivity (Wildman–Crippen MR) is 120 cm³/mol. The molecule has 0 radical (unpaired) electrons. The molecular formula is C23H19ClF3N3O4. The highest BCUT2D eigenvalue weighted by Gasteiger charge is 2.32. The van der Waals surface area contributed by atoms with Crippen LogP contribution in [-0.2, 0) is 20.4 Å². The van der Waals surface area contributed by atoms with Gasteiger partial charge in [-0.05, 0) is 48.5 Å². The van der Waals surface area contributed by atoms with Gasteiger partial charge in [0.05, 0.1) is 41.2 Å². The molecule has 1 N–H and O–H groups in total. The van der Waals surface area contributed by atoms with Crippen LogP contribution in [0.5, 0.6) is 0 Å². The Hall–Kier alpha value is -3.37. The van der Waals surface area contributed by atoms with Gasteiger partial charge < -0.3 is 19.7 Å². The van der Waals surface area contributed by atoms with Gasteiger partial charge in [0.15, 0.2) is 6.61 Å². The zero-order chi connectivity index (χ0) is 24.3. The number of fused-ring (bicyclic) bond motifs is 1. The summed E-state index contributed by atoms with van der Waals surface area (Å²) >= 11 is 5.85. The topological polar surface area (TPSA) is 80.8 Å². The molecule has 0 aliphatic carbocycles. The van der Waals surface area contributed by atoms with Gasteiger partial charge in [-0.2, -0.15) is 13.2 Å². The predicted octanol–water partition coefficient (Wildman–Crippen LogP) is 4.54. The van der Waals surface area contributed by atoms with Crippen molar-refractivity contribution in [3.05, 3.63) is 64.8 Å². The molecule has 0 unspecified atom stereocenters. The van der Waals surface area contributed by atoms with E-state index in [4.69, 9.17) is 21.1 Å². The molecule has 0 spiro atoms. The van der Waals surface area contributed by atoms with Crippen molar-refractivity contribution in [3.8, 4) is 0 Å². The van der Waals surface area contributed by atoms with E-state index in [1.807, 2.05) is 4.90 Å². The van der Waals surface area contributed by atoms with Crippen LogP contribution < -0.4 is 10.2 Å². The normalized spacial score (nSPS) is 14.2. The zero-order valence-electron chi connectivity index (χ0n) is 17.7. The molecule has 0 atom stereocenters. The molecule has 7 nitrogen and oxygen atoms in total. The number of hydrogen-bond acceptors (Lipinski definition) is 6. The molecule has 1 aromatic heterocycles. The molecule has 2 aromatic carbocycles. The number of pyridine rings is 1. The average molecular weight is 494 g/mol. The summed E-state index contributed by atoms with van der Waals surface area (Å²) in [6, 6.07) is 11.0. The molecule has 1 fully saturated rings. The number of carbonyl (C=O) groups excluding carboxylic acids is 2. The number of amides is 1. The number of benzene rings is 2. The molecule has 0 bridgehead atoms. The second-order valence-electron chi connectivity index (χ2n) is 7.49. The molecule has 1 saturated heterocycles. The number of aromatic nitrogens is 1. The first-order chi connectivity index (χ1) is 16.2. The van der Waals surface area contributed by atoms with Crippen molar-refractivity contribution in [1.82, 2.24) is 4.98 Å². The van der Waals surface area contributed by atoms with Gasteiger partial charge in [-0.1, -0.05) is 11.6 Å². The highest BCUT2D eigenvalue weighted by molar-refractivity contribution is 6.29. The van der Waals surface area contributed by atoms with Gasteiger partial charge in [-0.25, -0.2) is 9.78 Å². The minimum atomic E-state index is -4.58. The standard InChI is InChI=1S/C23H19ClF3N3O4/c24-20-6-2-14-11-15(1-4-17(14)28-20)22(32)34-13-21(31)29-18-12-16(23(25,26)27)3-5-19(18)30-7-9-33-10-8-30/h1-6,11-12H,7-10,13H2,(H,29,31). The van der Waals surface area contributed by atoms with Crippen LogP contribution >= 0.6 is 11.6 Å². The lowest BCUT2D eigenvalue weighted by molar-refractivity contribution is -0.137. The highest BCUT2D eigenvalue weighted by atomic mass is 35.5. The van der Waals surface area contributed by atoms with Gasteiger partial charge in [0.2, 0.25) is 0 Å². The molecule has 1 aliphatic heterocycles. The van der Waals surface area contributed by atoms with E-state index in [1.54, 1.807) is 24.3 Å². The first-order valence-corrected chi connectivity index (χ1v) is 10.7. The number of morpholine rings is 1. The van der Waals surface area contributed by atoms with Crippen molar-refractivity contribution in [3.63, 3.8) is 0 Å².